The fraction of sp³-hybridized carbons (Fsp3) is 0.130. The van der Waals surface area contributed by atoms with Crippen LogP contribution < -0.4 is 20.1 Å². The van der Waals surface area contributed by atoms with Crippen molar-refractivity contribution in [2.45, 2.75) is 6.54 Å². The molecule has 0 spiro atoms. The van der Waals surface area contributed by atoms with Crippen LogP contribution in [-0.4, -0.2) is 26.0 Å². The third-order valence-electron chi connectivity index (χ3n) is 4.37. The van der Waals surface area contributed by atoms with E-state index in [9.17, 15) is 9.59 Å². The molecule has 0 aromatic heterocycles. The van der Waals surface area contributed by atoms with Gasteiger partial charge < -0.3 is 20.1 Å². The summed E-state index contributed by atoms with van der Waals surface area (Å²) in [4.78, 5) is 24.6. The predicted octanol–water partition coefficient (Wildman–Crippen LogP) is 3.89. The Hall–Kier alpha value is -3.80. The van der Waals surface area contributed by atoms with Crippen LogP contribution in [0, 0.1) is 0 Å². The Morgan fingerprint density at radius 3 is 2.14 bits per heavy atom. The van der Waals surface area contributed by atoms with Gasteiger partial charge in [0.25, 0.3) is 11.8 Å². The number of rotatable bonds is 7. The lowest BCUT2D eigenvalue weighted by atomic mass is 10.1. The van der Waals surface area contributed by atoms with Gasteiger partial charge >= 0.3 is 0 Å². The minimum Gasteiger partial charge on any atom is -0.497 e. The smallest absolute Gasteiger partial charge is 0.255 e. The zero-order valence-corrected chi connectivity index (χ0v) is 16.3. The van der Waals surface area contributed by atoms with Crippen LogP contribution in [0.4, 0.5) is 5.69 Å². The third kappa shape index (κ3) is 5.13. The summed E-state index contributed by atoms with van der Waals surface area (Å²) in [5.41, 5.74) is 2.53. The van der Waals surface area contributed by atoms with E-state index in [0.29, 0.717) is 34.9 Å². The lowest BCUT2D eigenvalue weighted by molar-refractivity contribution is 0.0950. The highest BCUT2D eigenvalue weighted by atomic mass is 16.5. The van der Waals surface area contributed by atoms with Crippen LogP contribution in [0.5, 0.6) is 11.5 Å². The number of hydrogen-bond acceptors (Lipinski definition) is 4. The largest absolute Gasteiger partial charge is 0.497 e. The van der Waals surface area contributed by atoms with Crippen molar-refractivity contribution in [3.63, 3.8) is 0 Å². The quantitative estimate of drug-likeness (QED) is 0.642. The maximum Gasteiger partial charge on any atom is 0.255 e. The molecule has 29 heavy (non-hydrogen) atoms. The molecule has 0 aliphatic heterocycles. The van der Waals surface area contributed by atoms with E-state index in [1.54, 1.807) is 68.8 Å². The van der Waals surface area contributed by atoms with E-state index in [0.717, 1.165) is 5.56 Å². The van der Waals surface area contributed by atoms with E-state index in [-0.39, 0.29) is 11.8 Å². The molecule has 6 heteroatoms. The molecule has 0 radical (unpaired) electrons. The highest BCUT2D eigenvalue weighted by molar-refractivity contribution is 6.04. The minimum absolute atomic E-state index is 0.200. The van der Waals surface area contributed by atoms with E-state index in [1.165, 1.54) is 0 Å². The van der Waals surface area contributed by atoms with Crippen molar-refractivity contribution in [2.75, 3.05) is 19.5 Å². The highest BCUT2D eigenvalue weighted by Gasteiger charge is 2.10. The minimum atomic E-state index is -0.219. The number of hydrogen-bond donors (Lipinski definition) is 2. The highest BCUT2D eigenvalue weighted by Crippen LogP contribution is 2.24. The molecule has 0 aliphatic carbocycles. The average molecular weight is 390 g/mol. The molecule has 3 rings (SSSR count). The first-order valence-electron chi connectivity index (χ1n) is 9.06. The van der Waals surface area contributed by atoms with E-state index in [1.807, 2.05) is 18.2 Å². The molecule has 3 aromatic rings. The molecular weight excluding hydrogens is 368 g/mol. The van der Waals surface area contributed by atoms with Crippen molar-refractivity contribution >= 4 is 17.5 Å². The Balaban J connectivity index is 1.60. The number of benzene rings is 3. The molecule has 3 aromatic carbocycles. The maximum atomic E-state index is 12.4. The van der Waals surface area contributed by atoms with Crippen molar-refractivity contribution < 1.29 is 19.1 Å². The lowest BCUT2D eigenvalue weighted by Crippen LogP contribution is -2.23. The van der Waals surface area contributed by atoms with Crippen LogP contribution in [0.3, 0.4) is 0 Å². The lowest BCUT2D eigenvalue weighted by Gasteiger charge is -2.12. The van der Waals surface area contributed by atoms with E-state index < -0.39 is 0 Å². The van der Waals surface area contributed by atoms with E-state index in [2.05, 4.69) is 10.6 Å². The van der Waals surface area contributed by atoms with Gasteiger partial charge in [0.05, 0.1) is 14.2 Å². The summed E-state index contributed by atoms with van der Waals surface area (Å²) >= 11 is 0. The number of carbonyl (C=O) groups is 2. The number of amides is 2. The van der Waals surface area contributed by atoms with Gasteiger partial charge in [0.1, 0.15) is 11.5 Å². The molecule has 6 nitrogen and oxygen atoms in total. The standard InChI is InChI=1S/C23H22N2O4/c1-28-20-13-10-18(21(14-20)29-2)15-24-22(26)17-8-11-19(12-9-17)25-23(27)16-6-4-3-5-7-16/h3-14H,15H2,1-2H3,(H,24,26)(H,25,27). The van der Waals surface area contributed by atoms with Gasteiger partial charge in [0.2, 0.25) is 0 Å². The Kier molecular flexibility index (Phi) is 6.47. The monoisotopic (exact) mass is 390 g/mol. The van der Waals surface area contributed by atoms with Crippen LogP contribution >= 0.6 is 0 Å². The van der Waals surface area contributed by atoms with Crippen LogP contribution in [0.15, 0.2) is 72.8 Å². The summed E-state index contributed by atoms with van der Waals surface area (Å²) in [6.45, 7) is 0.318. The van der Waals surface area contributed by atoms with Crippen molar-refractivity contribution in [2.24, 2.45) is 0 Å². The molecule has 0 saturated heterocycles. The molecular formula is C23H22N2O4. The normalized spacial score (nSPS) is 10.1. The summed E-state index contributed by atoms with van der Waals surface area (Å²) in [5, 5.41) is 5.68. The molecule has 148 valence electrons. The fourth-order valence-corrected chi connectivity index (χ4v) is 2.77. The van der Waals surface area contributed by atoms with Gasteiger partial charge in [-0.1, -0.05) is 18.2 Å². The number of carbonyl (C=O) groups excluding carboxylic acids is 2. The Bertz CT molecular complexity index is 986. The molecule has 2 amide bonds. The summed E-state index contributed by atoms with van der Waals surface area (Å²) in [5.74, 6) is 0.909. The van der Waals surface area contributed by atoms with Crippen molar-refractivity contribution in [1.82, 2.24) is 5.32 Å². The molecule has 0 atom stereocenters. The van der Waals surface area contributed by atoms with Crippen molar-refractivity contribution in [3.8, 4) is 11.5 Å². The third-order valence-corrected chi connectivity index (χ3v) is 4.37. The molecule has 0 heterocycles. The molecule has 0 bridgehead atoms. The summed E-state index contributed by atoms with van der Waals surface area (Å²) < 4.78 is 10.5. The van der Waals surface area contributed by atoms with Crippen molar-refractivity contribution in [3.05, 3.63) is 89.5 Å². The summed E-state index contributed by atoms with van der Waals surface area (Å²) in [6.07, 6.45) is 0. The van der Waals surface area contributed by atoms with Crippen LogP contribution in [0.1, 0.15) is 26.3 Å². The first-order valence-corrected chi connectivity index (χ1v) is 9.06. The second-order valence-electron chi connectivity index (χ2n) is 6.26. The number of nitrogens with one attached hydrogen (secondary N) is 2. The van der Waals surface area contributed by atoms with Crippen LogP contribution in [0.2, 0.25) is 0 Å². The molecule has 0 saturated carbocycles. The van der Waals surface area contributed by atoms with Gasteiger partial charge in [0.15, 0.2) is 0 Å². The Morgan fingerprint density at radius 2 is 1.48 bits per heavy atom. The van der Waals surface area contributed by atoms with Gasteiger partial charge in [-0.05, 0) is 48.5 Å². The van der Waals surface area contributed by atoms with Gasteiger partial charge in [-0.15, -0.1) is 0 Å². The Labute approximate surface area is 169 Å². The zero-order chi connectivity index (χ0) is 20.6. The summed E-state index contributed by atoms with van der Waals surface area (Å²) in [6, 6.07) is 21.1. The summed E-state index contributed by atoms with van der Waals surface area (Å²) in [7, 11) is 3.16. The second-order valence-corrected chi connectivity index (χ2v) is 6.26. The van der Waals surface area contributed by atoms with Crippen molar-refractivity contribution in [1.29, 1.82) is 0 Å². The molecule has 0 unspecified atom stereocenters. The number of anilines is 1. The molecule has 0 aliphatic rings. The predicted molar refractivity (Wildman–Crippen MR) is 112 cm³/mol. The average Bonchev–Trinajstić information content (AvgIpc) is 2.78. The molecule has 0 fully saturated rings. The number of ether oxygens (including phenoxy) is 2. The topological polar surface area (TPSA) is 76.7 Å². The van der Waals surface area contributed by atoms with Crippen LogP contribution in [0.25, 0.3) is 0 Å². The number of methoxy groups -OCH3 is 2. The fourth-order valence-electron chi connectivity index (χ4n) is 2.77. The van der Waals surface area contributed by atoms with Crippen LogP contribution in [-0.2, 0) is 6.54 Å². The van der Waals surface area contributed by atoms with E-state index >= 15 is 0 Å². The second kappa shape index (κ2) is 9.41. The first kappa shape index (κ1) is 19.9. The zero-order valence-electron chi connectivity index (χ0n) is 16.3. The first-order chi connectivity index (χ1) is 14.1. The maximum absolute atomic E-state index is 12.4. The SMILES string of the molecule is COc1ccc(CNC(=O)c2ccc(NC(=O)c3ccccc3)cc2)c(OC)c1. The van der Waals surface area contributed by atoms with Gasteiger partial charge in [-0.3, -0.25) is 9.59 Å². The Morgan fingerprint density at radius 1 is 0.793 bits per heavy atom. The van der Waals surface area contributed by atoms with Gasteiger partial charge in [-0.2, -0.15) is 0 Å². The van der Waals surface area contributed by atoms with Gasteiger partial charge in [-0.25, -0.2) is 0 Å². The molecule has 2 N–H and O–H groups in total. The van der Waals surface area contributed by atoms with E-state index in [4.69, 9.17) is 9.47 Å². The van der Waals surface area contributed by atoms with Gasteiger partial charge in [0, 0.05) is 35.0 Å².